The molecular formula is C15H13F3N2O2. The van der Waals surface area contributed by atoms with Crippen LogP contribution in [0.15, 0.2) is 42.5 Å². The molecule has 0 heterocycles. The van der Waals surface area contributed by atoms with E-state index < -0.39 is 24.0 Å². The summed E-state index contributed by atoms with van der Waals surface area (Å²) >= 11 is 0. The van der Waals surface area contributed by atoms with Gasteiger partial charge in [-0.15, -0.1) is 0 Å². The highest BCUT2D eigenvalue weighted by Gasteiger charge is 2.39. The van der Waals surface area contributed by atoms with Crippen molar-refractivity contribution >= 4 is 28.3 Å². The van der Waals surface area contributed by atoms with E-state index in [1.54, 1.807) is 23.5 Å². The quantitative estimate of drug-likeness (QED) is 0.916. The average molecular weight is 310 g/mol. The minimum absolute atomic E-state index is 0.441. The Morgan fingerprint density at radius 3 is 2.32 bits per heavy atom. The van der Waals surface area contributed by atoms with E-state index in [-0.39, 0.29) is 0 Å². The number of anilines is 1. The fourth-order valence-corrected chi connectivity index (χ4v) is 1.86. The maximum Gasteiger partial charge on any atom is 0.471 e. The SMILES string of the molecule is C[C@@H](NC(=O)C(F)(F)F)C(=O)Nc1ccc2ccccc2c1. The molecule has 2 aromatic rings. The Labute approximate surface area is 124 Å². The summed E-state index contributed by atoms with van der Waals surface area (Å²) in [6.45, 7) is 1.18. The van der Waals surface area contributed by atoms with Gasteiger partial charge in [-0.2, -0.15) is 13.2 Å². The molecular weight excluding hydrogens is 297 g/mol. The highest BCUT2D eigenvalue weighted by Crippen LogP contribution is 2.19. The summed E-state index contributed by atoms with van der Waals surface area (Å²) in [4.78, 5) is 22.6. The van der Waals surface area contributed by atoms with Crippen LogP contribution in [0.5, 0.6) is 0 Å². The van der Waals surface area contributed by atoms with Crippen molar-refractivity contribution in [2.75, 3.05) is 5.32 Å². The minimum atomic E-state index is -5.02. The summed E-state index contributed by atoms with van der Waals surface area (Å²) in [7, 11) is 0. The largest absolute Gasteiger partial charge is 0.471 e. The number of benzene rings is 2. The zero-order valence-electron chi connectivity index (χ0n) is 11.6. The highest BCUT2D eigenvalue weighted by atomic mass is 19.4. The number of carbonyl (C=O) groups is 2. The van der Waals surface area contributed by atoms with Crippen LogP contribution in [0.1, 0.15) is 6.92 Å². The van der Waals surface area contributed by atoms with Crippen molar-refractivity contribution < 1.29 is 22.8 Å². The van der Waals surface area contributed by atoms with Gasteiger partial charge in [0.25, 0.3) is 0 Å². The molecule has 0 fully saturated rings. The van der Waals surface area contributed by atoms with E-state index in [1.807, 2.05) is 24.3 Å². The predicted molar refractivity (Wildman–Crippen MR) is 76.2 cm³/mol. The number of rotatable bonds is 3. The maximum atomic E-state index is 12.1. The third-order valence-electron chi connectivity index (χ3n) is 3.02. The number of fused-ring (bicyclic) bond motifs is 1. The third-order valence-corrected chi connectivity index (χ3v) is 3.02. The highest BCUT2D eigenvalue weighted by molar-refractivity contribution is 5.99. The summed E-state index contributed by atoms with van der Waals surface area (Å²) < 4.78 is 36.4. The van der Waals surface area contributed by atoms with Gasteiger partial charge in [0, 0.05) is 5.69 Å². The molecule has 0 bridgehead atoms. The molecule has 0 saturated carbocycles. The van der Waals surface area contributed by atoms with Gasteiger partial charge in [0.2, 0.25) is 5.91 Å². The molecule has 116 valence electrons. The topological polar surface area (TPSA) is 58.2 Å². The molecule has 2 rings (SSSR count). The fourth-order valence-electron chi connectivity index (χ4n) is 1.86. The summed E-state index contributed by atoms with van der Waals surface area (Å²) in [5, 5.41) is 5.92. The Hall–Kier alpha value is -2.57. The summed E-state index contributed by atoms with van der Waals surface area (Å²) in [6.07, 6.45) is -5.02. The van der Waals surface area contributed by atoms with Crippen LogP contribution < -0.4 is 10.6 Å². The van der Waals surface area contributed by atoms with Crippen LogP contribution in [0.4, 0.5) is 18.9 Å². The van der Waals surface area contributed by atoms with Crippen molar-refractivity contribution in [3.8, 4) is 0 Å². The number of amides is 2. The van der Waals surface area contributed by atoms with Crippen molar-refractivity contribution in [1.29, 1.82) is 0 Å². The molecule has 2 aromatic carbocycles. The van der Waals surface area contributed by atoms with Gasteiger partial charge in [0.05, 0.1) is 0 Å². The van der Waals surface area contributed by atoms with Crippen LogP contribution in [0.2, 0.25) is 0 Å². The first kappa shape index (κ1) is 15.8. The number of nitrogens with one attached hydrogen (secondary N) is 2. The molecule has 0 aliphatic rings. The second-order valence-corrected chi connectivity index (χ2v) is 4.74. The Bertz CT molecular complexity index is 713. The molecule has 1 atom stereocenters. The lowest BCUT2D eigenvalue weighted by atomic mass is 10.1. The van der Waals surface area contributed by atoms with E-state index in [9.17, 15) is 22.8 Å². The third kappa shape index (κ3) is 3.75. The van der Waals surface area contributed by atoms with E-state index in [0.29, 0.717) is 5.69 Å². The Kier molecular flexibility index (Phi) is 4.35. The van der Waals surface area contributed by atoms with Crippen LogP contribution in [-0.4, -0.2) is 24.0 Å². The number of hydrogen-bond donors (Lipinski definition) is 2. The summed E-state index contributed by atoms with van der Waals surface area (Å²) in [5.74, 6) is -2.87. The van der Waals surface area contributed by atoms with Crippen LogP contribution >= 0.6 is 0 Å². The number of alkyl halides is 3. The van der Waals surface area contributed by atoms with Gasteiger partial charge in [-0.05, 0) is 29.8 Å². The lowest BCUT2D eigenvalue weighted by molar-refractivity contribution is -0.174. The molecule has 0 aliphatic heterocycles. The van der Waals surface area contributed by atoms with E-state index in [0.717, 1.165) is 10.8 Å². The van der Waals surface area contributed by atoms with Crippen LogP contribution in [0.3, 0.4) is 0 Å². The van der Waals surface area contributed by atoms with Crippen molar-refractivity contribution in [2.24, 2.45) is 0 Å². The van der Waals surface area contributed by atoms with Crippen LogP contribution in [0, 0.1) is 0 Å². The molecule has 0 unspecified atom stereocenters. The second-order valence-electron chi connectivity index (χ2n) is 4.74. The van der Waals surface area contributed by atoms with Crippen molar-refractivity contribution in [2.45, 2.75) is 19.1 Å². The summed E-state index contributed by atoms with van der Waals surface area (Å²) in [5.41, 5.74) is 0.441. The Morgan fingerprint density at radius 1 is 1.05 bits per heavy atom. The molecule has 22 heavy (non-hydrogen) atoms. The van der Waals surface area contributed by atoms with Crippen molar-refractivity contribution in [3.63, 3.8) is 0 Å². The second kappa shape index (κ2) is 6.05. The maximum absolute atomic E-state index is 12.1. The van der Waals surface area contributed by atoms with E-state index in [4.69, 9.17) is 0 Å². The molecule has 7 heteroatoms. The molecule has 0 spiro atoms. The molecule has 2 amide bonds. The molecule has 4 nitrogen and oxygen atoms in total. The van der Waals surface area contributed by atoms with E-state index in [2.05, 4.69) is 5.32 Å². The fraction of sp³-hybridized carbons (Fsp3) is 0.200. The molecule has 0 saturated heterocycles. The number of carbonyl (C=O) groups excluding carboxylic acids is 2. The first-order chi connectivity index (χ1) is 10.3. The van der Waals surface area contributed by atoms with Gasteiger partial charge >= 0.3 is 12.1 Å². The van der Waals surface area contributed by atoms with Gasteiger partial charge in [0.1, 0.15) is 6.04 Å². The first-order valence-corrected chi connectivity index (χ1v) is 6.45. The minimum Gasteiger partial charge on any atom is -0.337 e. The Balaban J connectivity index is 2.05. The standard InChI is InChI=1S/C15H13F3N2O2/c1-9(19-14(22)15(16,17)18)13(21)20-12-7-6-10-4-2-3-5-11(10)8-12/h2-9H,1H3,(H,19,22)(H,20,21)/t9-/m1/s1. The zero-order chi connectivity index (χ0) is 16.3. The molecule has 0 aliphatic carbocycles. The lowest BCUT2D eigenvalue weighted by Crippen LogP contribution is -2.47. The molecule has 0 radical (unpaired) electrons. The predicted octanol–water partition coefficient (Wildman–Crippen LogP) is 2.85. The molecule has 0 aromatic heterocycles. The smallest absolute Gasteiger partial charge is 0.337 e. The van der Waals surface area contributed by atoms with Gasteiger partial charge in [0.15, 0.2) is 0 Å². The van der Waals surface area contributed by atoms with Crippen molar-refractivity contribution in [1.82, 2.24) is 5.32 Å². The number of halogens is 3. The monoisotopic (exact) mass is 310 g/mol. The summed E-state index contributed by atoms with van der Waals surface area (Å²) in [6, 6.07) is 11.3. The number of hydrogen-bond acceptors (Lipinski definition) is 2. The normalized spacial score (nSPS) is 12.7. The van der Waals surface area contributed by atoms with Gasteiger partial charge in [-0.1, -0.05) is 30.3 Å². The van der Waals surface area contributed by atoms with Gasteiger partial charge in [-0.3, -0.25) is 9.59 Å². The van der Waals surface area contributed by atoms with Crippen molar-refractivity contribution in [3.05, 3.63) is 42.5 Å². The first-order valence-electron chi connectivity index (χ1n) is 6.45. The molecule has 2 N–H and O–H groups in total. The Morgan fingerprint density at radius 2 is 1.68 bits per heavy atom. The van der Waals surface area contributed by atoms with Crippen LogP contribution in [-0.2, 0) is 9.59 Å². The van der Waals surface area contributed by atoms with Crippen LogP contribution in [0.25, 0.3) is 10.8 Å². The van der Waals surface area contributed by atoms with Gasteiger partial charge < -0.3 is 10.6 Å². The van der Waals surface area contributed by atoms with E-state index >= 15 is 0 Å². The lowest BCUT2D eigenvalue weighted by Gasteiger charge is -2.15. The van der Waals surface area contributed by atoms with Gasteiger partial charge in [-0.25, -0.2) is 0 Å². The van der Waals surface area contributed by atoms with E-state index in [1.165, 1.54) is 6.92 Å². The average Bonchev–Trinajstić information content (AvgIpc) is 2.46. The zero-order valence-corrected chi connectivity index (χ0v) is 11.6.